The molecular formula is C12H24N2. The summed E-state index contributed by atoms with van der Waals surface area (Å²) in [6, 6.07) is 0.839. The summed E-state index contributed by atoms with van der Waals surface area (Å²) in [7, 11) is 0. The number of unbranched alkanes of at least 4 members (excludes halogenated alkanes) is 2. The van der Waals surface area contributed by atoms with E-state index in [2.05, 4.69) is 17.1 Å². The summed E-state index contributed by atoms with van der Waals surface area (Å²) >= 11 is 0. The van der Waals surface area contributed by atoms with Crippen LogP contribution >= 0.6 is 0 Å². The topological polar surface area (TPSA) is 15.3 Å². The third-order valence-corrected chi connectivity index (χ3v) is 3.82. The lowest BCUT2D eigenvalue weighted by Crippen LogP contribution is -2.44. The molecule has 2 heterocycles. The average Bonchev–Trinajstić information content (AvgIpc) is 2.59. The SMILES string of the molecule is CCCCCNC1CCN2CCC1C2. The van der Waals surface area contributed by atoms with Crippen LogP contribution in [0.3, 0.4) is 0 Å². The Balaban J connectivity index is 1.65. The second-order valence-corrected chi connectivity index (χ2v) is 4.91. The van der Waals surface area contributed by atoms with Gasteiger partial charge in [-0.3, -0.25) is 0 Å². The van der Waals surface area contributed by atoms with Crippen LogP contribution in [0.4, 0.5) is 0 Å². The van der Waals surface area contributed by atoms with E-state index < -0.39 is 0 Å². The van der Waals surface area contributed by atoms with Crippen LogP contribution in [0.15, 0.2) is 0 Å². The minimum Gasteiger partial charge on any atom is -0.314 e. The van der Waals surface area contributed by atoms with E-state index in [1.165, 1.54) is 58.3 Å². The van der Waals surface area contributed by atoms with Crippen molar-refractivity contribution in [2.24, 2.45) is 5.92 Å². The van der Waals surface area contributed by atoms with Crippen LogP contribution in [-0.2, 0) is 0 Å². The molecule has 14 heavy (non-hydrogen) atoms. The Hall–Kier alpha value is -0.0800. The van der Waals surface area contributed by atoms with Crippen molar-refractivity contribution in [3.05, 3.63) is 0 Å². The molecule has 0 spiro atoms. The highest BCUT2D eigenvalue weighted by atomic mass is 15.2. The van der Waals surface area contributed by atoms with Gasteiger partial charge in [0.2, 0.25) is 0 Å². The van der Waals surface area contributed by atoms with Crippen LogP contribution in [0.5, 0.6) is 0 Å². The summed E-state index contributed by atoms with van der Waals surface area (Å²) in [5.74, 6) is 0.963. The fourth-order valence-electron chi connectivity index (χ4n) is 2.88. The van der Waals surface area contributed by atoms with Crippen LogP contribution in [0.1, 0.15) is 39.0 Å². The average molecular weight is 196 g/mol. The summed E-state index contributed by atoms with van der Waals surface area (Å²) in [4.78, 5) is 2.62. The molecule has 2 bridgehead atoms. The molecule has 0 amide bonds. The molecule has 82 valence electrons. The fraction of sp³-hybridized carbons (Fsp3) is 1.00. The van der Waals surface area contributed by atoms with Crippen molar-refractivity contribution in [3.8, 4) is 0 Å². The second kappa shape index (κ2) is 5.13. The number of nitrogens with one attached hydrogen (secondary N) is 1. The Morgan fingerprint density at radius 2 is 2.07 bits per heavy atom. The minimum absolute atomic E-state index is 0.839. The summed E-state index contributed by atoms with van der Waals surface area (Å²) in [5.41, 5.74) is 0. The van der Waals surface area contributed by atoms with Crippen molar-refractivity contribution >= 4 is 0 Å². The lowest BCUT2D eigenvalue weighted by atomic mass is 9.94. The van der Waals surface area contributed by atoms with Gasteiger partial charge in [-0.25, -0.2) is 0 Å². The molecule has 2 saturated heterocycles. The molecule has 0 radical (unpaired) electrons. The quantitative estimate of drug-likeness (QED) is 0.675. The van der Waals surface area contributed by atoms with Gasteiger partial charge in [0.15, 0.2) is 0 Å². The van der Waals surface area contributed by atoms with Crippen molar-refractivity contribution in [1.82, 2.24) is 10.2 Å². The zero-order chi connectivity index (χ0) is 9.80. The molecule has 1 N–H and O–H groups in total. The van der Waals surface area contributed by atoms with Crippen molar-refractivity contribution in [1.29, 1.82) is 0 Å². The molecule has 2 rings (SSSR count). The highest BCUT2D eigenvalue weighted by molar-refractivity contribution is 4.90. The summed E-state index contributed by atoms with van der Waals surface area (Å²) in [6.07, 6.45) is 6.91. The van der Waals surface area contributed by atoms with Gasteiger partial charge in [0.1, 0.15) is 0 Å². The highest BCUT2D eigenvalue weighted by Crippen LogP contribution is 2.26. The van der Waals surface area contributed by atoms with E-state index in [0.717, 1.165) is 12.0 Å². The summed E-state index contributed by atoms with van der Waals surface area (Å²) in [6.45, 7) is 7.58. The fourth-order valence-corrected chi connectivity index (χ4v) is 2.88. The van der Waals surface area contributed by atoms with Gasteiger partial charge in [-0.05, 0) is 44.8 Å². The van der Waals surface area contributed by atoms with E-state index in [9.17, 15) is 0 Å². The third kappa shape index (κ3) is 2.48. The molecule has 2 heteroatoms. The van der Waals surface area contributed by atoms with E-state index in [1.54, 1.807) is 0 Å². The van der Waals surface area contributed by atoms with Gasteiger partial charge in [-0.15, -0.1) is 0 Å². The predicted octanol–water partition coefficient (Wildman–Crippen LogP) is 1.86. The first-order valence-corrected chi connectivity index (χ1v) is 6.36. The Kier molecular flexibility index (Phi) is 3.82. The Labute approximate surface area is 88.1 Å². The maximum absolute atomic E-state index is 3.76. The van der Waals surface area contributed by atoms with Crippen LogP contribution in [0.2, 0.25) is 0 Å². The molecule has 3 atom stereocenters. The number of hydrogen-bond acceptors (Lipinski definition) is 2. The molecule has 0 aromatic heterocycles. The highest BCUT2D eigenvalue weighted by Gasteiger charge is 2.33. The molecule has 0 saturated carbocycles. The Bertz CT molecular complexity index is 170. The van der Waals surface area contributed by atoms with E-state index >= 15 is 0 Å². The monoisotopic (exact) mass is 196 g/mol. The first-order chi connectivity index (χ1) is 6.90. The van der Waals surface area contributed by atoms with Gasteiger partial charge in [0, 0.05) is 12.6 Å². The lowest BCUT2D eigenvalue weighted by Gasteiger charge is -2.31. The maximum Gasteiger partial charge on any atom is 0.0120 e. The molecule has 0 aliphatic carbocycles. The molecule has 0 aromatic rings. The largest absolute Gasteiger partial charge is 0.314 e. The number of rotatable bonds is 5. The van der Waals surface area contributed by atoms with Crippen molar-refractivity contribution in [2.45, 2.75) is 45.1 Å². The standard InChI is InChI=1S/C12H24N2/c1-2-3-4-7-13-12-6-9-14-8-5-11(12)10-14/h11-13H,2-10H2,1H3. The zero-order valence-electron chi connectivity index (χ0n) is 9.47. The van der Waals surface area contributed by atoms with Gasteiger partial charge >= 0.3 is 0 Å². The van der Waals surface area contributed by atoms with Crippen LogP contribution in [0, 0.1) is 5.92 Å². The minimum atomic E-state index is 0.839. The molecule has 3 unspecified atom stereocenters. The first kappa shape index (κ1) is 10.4. The summed E-state index contributed by atoms with van der Waals surface area (Å²) in [5, 5.41) is 3.76. The van der Waals surface area contributed by atoms with Gasteiger partial charge in [0.05, 0.1) is 0 Å². The van der Waals surface area contributed by atoms with E-state index in [4.69, 9.17) is 0 Å². The first-order valence-electron chi connectivity index (χ1n) is 6.36. The van der Waals surface area contributed by atoms with Crippen LogP contribution in [-0.4, -0.2) is 37.1 Å². The molecule has 2 nitrogen and oxygen atoms in total. The number of hydrogen-bond donors (Lipinski definition) is 1. The van der Waals surface area contributed by atoms with Crippen molar-refractivity contribution in [3.63, 3.8) is 0 Å². The van der Waals surface area contributed by atoms with Crippen molar-refractivity contribution in [2.75, 3.05) is 26.2 Å². The second-order valence-electron chi connectivity index (χ2n) is 4.91. The predicted molar refractivity (Wildman–Crippen MR) is 60.5 cm³/mol. The Morgan fingerprint density at radius 3 is 2.93 bits per heavy atom. The maximum atomic E-state index is 3.76. The molecule has 2 aliphatic rings. The van der Waals surface area contributed by atoms with E-state index in [0.29, 0.717) is 0 Å². The van der Waals surface area contributed by atoms with Gasteiger partial charge in [0.25, 0.3) is 0 Å². The number of nitrogens with zero attached hydrogens (tertiary/aromatic N) is 1. The van der Waals surface area contributed by atoms with Gasteiger partial charge in [-0.2, -0.15) is 0 Å². The van der Waals surface area contributed by atoms with Crippen LogP contribution < -0.4 is 5.32 Å². The molecule has 0 aromatic carbocycles. The normalized spacial score (nSPS) is 36.2. The van der Waals surface area contributed by atoms with Crippen molar-refractivity contribution < 1.29 is 0 Å². The van der Waals surface area contributed by atoms with E-state index in [1.807, 2.05) is 0 Å². The van der Waals surface area contributed by atoms with E-state index in [-0.39, 0.29) is 0 Å². The third-order valence-electron chi connectivity index (χ3n) is 3.82. The van der Waals surface area contributed by atoms with Crippen LogP contribution in [0.25, 0.3) is 0 Å². The number of fused-ring (bicyclic) bond motifs is 2. The summed E-state index contributed by atoms with van der Waals surface area (Å²) < 4.78 is 0. The zero-order valence-corrected chi connectivity index (χ0v) is 9.47. The van der Waals surface area contributed by atoms with Gasteiger partial charge in [-0.1, -0.05) is 19.8 Å². The molecule has 2 fully saturated rings. The Morgan fingerprint density at radius 1 is 1.21 bits per heavy atom. The smallest absolute Gasteiger partial charge is 0.0120 e. The lowest BCUT2D eigenvalue weighted by molar-refractivity contribution is 0.221. The molecular weight excluding hydrogens is 172 g/mol. The van der Waals surface area contributed by atoms with Gasteiger partial charge < -0.3 is 10.2 Å². The molecule has 2 aliphatic heterocycles. The number of piperidine rings is 1.